The Morgan fingerprint density at radius 3 is 3.43 bits per heavy atom. The highest BCUT2D eigenvalue weighted by atomic mass is 32.1. The minimum absolute atomic E-state index is 0.662. The fourth-order valence-corrected chi connectivity index (χ4v) is 3.84. The zero-order valence-electron chi connectivity index (χ0n) is 8.49. The predicted octanol–water partition coefficient (Wildman–Crippen LogP) is 1.81. The lowest BCUT2D eigenvalue weighted by Gasteiger charge is -2.41. The minimum Gasteiger partial charge on any atom is -0.314 e. The van der Waals surface area contributed by atoms with E-state index in [-0.39, 0.29) is 0 Å². The lowest BCUT2D eigenvalue weighted by molar-refractivity contribution is 0.143. The number of hydrogen-bond acceptors (Lipinski definition) is 3. The maximum absolute atomic E-state index is 3.49. The van der Waals surface area contributed by atoms with Gasteiger partial charge in [-0.25, -0.2) is 0 Å². The van der Waals surface area contributed by atoms with Gasteiger partial charge in [0.2, 0.25) is 0 Å². The van der Waals surface area contributed by atoms with Crippen molar-refractivity contribution in [1.29, 1.82) is 0 Å². The Bertz CT molecular complexity index is 334. The van der Waals surface area contributed by atoms with Crippen LogP contribution >= 0.6 is 11.3 Å². The molecule has 1 saturated heterocycles. The van der Waals surface area contributed by atoms with Crippen molar-refractivity contribution < 1.29 is 0 Å². The monoisotopic (exact) mass is 208 g/mol. The summed E-state index contributed by atoms with van der Waals surface area (Å²) in [6.07, 6.45) is 0. The van der Waals surface area contributed by atoms with Gasteiger partial charge in [0, 0.05) is 31.1 Å². The Hall–Kier alpha value is -0.380. The minimum atomic E-state index is 0.662. The third kappa shape index (κ3) is 1.23. The molecule has 1 aromatic rings. The van der Waals surface area contributed by atoms with Crippen LogP contribution in [0.15, 0.2) is 11.4 Å². The van der Waals surface area contributed by atoms with Crippen LogP contribution in [-0.4, -0.2) is 31.1 Å². The Balaban J connectivity index is 2.00. The van der Waals surface area contributed by atoms with E-state index in [1.54, 1.807) is 10.4 Å². The second-order valence-electron chi connectivity index (χ2n) is 4.36. The zero-order chi connectivity index (χ0) is 9.54. The molecule has 2 nitrogen and oxygen atoms in total. The van der Waals surface area contributed by atoms with E-state index in [0.717, 1.165) is 19.0 Å². The first-order chi connectivity index (χ1) is 6.86. The molecule has 2 aliphatic heterocycles. The van der Waals surface area contributed by atoms with Crippen molar-refractivity contribution in [1.82, 2.24) is 10.2 Å². The topological polar surface area (TPSA) is 15.3 Å². The molecule has 1 N–H and O–H groups in total. The van der Waals surface area contributed by atoms with E-state index in [1.807, 2.05) is 11.3 Å². The van der Waals surface area contributed by atoms with Crippen LogP contribution in [0.25, 0.3) is 0 Å². The van der Waals surface area contributed by atoms with Crippen molar-refractivity contribution in [3.63, 3.8) is 0 Å². The average molecular weight is 208 g/mol. The van der Waals surface area contributed by atoms with Crippen molar-refractivity contribution in [3.8, 4) is 0 Å². The van der Waals surface area contributed by atoms with Gasteiger partial charge in [-0.3, -0.25) is 4.90 Å². The highest BCUT2D eigenvalue weighted by Gasteiger charge is 2.33. The lowest BCUT2D eigenvalue weighted by atomic mass is 9.92. The van der Waals surface area contributed by atoms with Crippen LogP contribution in [0.1, 0.15) is 29.3 Å². The number of nitrogens with one attached hydrogen (secondary N) is 1. The number of rotatable bonds is 0. The Morgan fingerprint density at radius 2 is 2.50 bits per heavy atom. The second-order valence-corrected chi connectivity index (χ2v) is 5.30. The highest BCUT2D eigenvalue weighted by molar-refractivity contribution is 7.10. The maximum atomic E-state index is 3.49. The van der Waals surface area contributed by atoms with Crippen LogP contribution in [-0.2, 0) is 0 Å². The molecule has 2 unspecified atom stereocenters. The van der Waals surface area contributed by atoms with Crippen LogP contribution in [0.4, 0.5) is 0 Å². The van der Waals surface area contributed by atoms with Crippen molar-refractivity contribution >= 4 is 11.3 Å². The maximum Gasteiger partial charge on any atom is 0.0570 e. The number of fused-ring (bicyclic) bond motifs is 3. The van der Waals surface area contributed by atoms with E-state index >= 15 is 0 Å². The van der Waals surface area contributed by atoms with Gasteiger partial charge in [-0.05, 0) is 22.9 Å². The van der Waals surface area contributed by atoms with E-state index in [1.165, 1.54) is 13.1 Å². The Labute approximate surface area is 88.9 Å². The molecule has 0 amide bonds. The van der Waals surface area contributed by atoms with Gasteiger partial charge in [-0.1, -0.05) is 6.92 Å². The quantitative estimate of drug-likeness (QED) is 0.699. The molecule has 3 rings (SSSR count). The molecule has 14 heavy (non-hydrogen) atoms. The van der Waals surface area contributed by atoms with E-state index < -0.39 is 0 Å². The molecule has 1 fully saturated rings. The fraction of sp³-hybridized carbons (Fsp3) is 0.636. The van der Waals surface area contributed by atoms with Gasteiger partial charge in [-0.2, -0.15) is 0 Å². The molecule has 2 atom stereocenters. The first-order valence-electron chi connectivity index (χ1n) is 5.38. The third-order valence-corrected chi connectivity index (χ3v) is 4.46. The first kappa shape index (κ1) is 8.89. The summed E-state index contributed by atoms with van der Waals surface area (Å²) in [6, 6.07) is 2.98. The molecule has 0 radical (unpaired) electrons. The van der Waals surface area contributed by atoms with Crippen LogP contribution in [0, 0.1) is 0 Å². The standard InChI is InChI=1S/C11H16N2S/c1-8-7-13-4-3-12-6-10(13)11-9(8)2-5-14-11/h2,5,8,10,12H,3-4,6-7H2,1H3. The molecule has 76 valence electrons. The lowest BCUT2D eigenvalue weighted by Crippen LogP contribution is -2.49. The number of nitrogens with zero attached hydrogens (tertiary/aromatic N) is 1. The molecule has 0 aromatic carbocycles. The van der Waals surface area contributed by atoms with Crippen LogP contribution in [0.5, 0.6) is 0 Å². The van der Waals surface area contributed by atoms with Gasteiger partial charge in [0.1, 0.15) is 0 Å². The first-order valence-corrected chi connectivity index (χ1v) is 6.26. The zero-order valence-corrected chi connectivity index (χ0v) is 9.31. The molecule has 3 heterocycles. The van der Waals surface area contributed by atoms with E-state index in [0.29, 0.717) is 6.04 Å². The van der Waals surface area contributed by atoms with Crippen molar-refractivity contribution in [2.24, 2.45) is 0 Å². The van der Waals surface area contributed by atoms with Crippen molar-refractivity contribution in [2.45, 2.75) is 18.9 Å². The molecule has 0 saturated carbocycles. The molecule has 0 aliphatic carbocycles. The Kier molecular flexibility index (Phi) is 2.11. The van der Waals surface area contributed by atoms with Crippen molar-refractivity contribution in [3.05, 3.63) is 21.9 Å². The summed E-state index contributed by atoms with van der Waals surface area (Å²) in [5.74, 6) is 0.727. The van der Waals surface area contributed by atoms with Gasteiger partial charge < -0.3 is 5.32 Å². The van der Waals surface area contributed by atoms with E-state index in [2.05, 4.69) is 28.6 Å². The van der Waals surface area contributed by atoms with Crippen molar-refractivity contribution in [2.75, 3.05) is 26.2 Å². The molecular formula is C11H16N2S. The molecule has 1 aromatic heterocycles. The number of thiophene rings is 1. The number of hydrogen-bond donors (Lipinski definition) is 1. The summed E-state index contributed by atoms with van der Waals surface area (Å²) in [6.45, 7) is 7.11. The summed E-state index contributed by atoms with van der Waals surface area (Å²) >= 11 is 1.93. The molecule has 3 heteroatoms. The van der Waals surface area contributed by atoms with Crippen LogP contribution < -0.4 is 5.32 Å². The molecule has 0 bridgehead atoms. The molecular weight excluding hydrogens is 192 g/mol. The van der Waals surface area contributed by atoms with Gasteiger partial charge >= 0.3 is 0 Å². The number of piperazine rings is 1. The molecule has 2 aliphatic rings. The molecule has 0 spiro atoms. The smallest absolute Gasteiger partial charge is 0.0570 e. The summed E-state index contributed by atoms with van der Waals surface area (Å²) < 4.78 is 0. The van der Waals surface area contributed by atoms with Gasteiger partial charge in [-0.15, -0.1) is 11.3 Å². The Morgan fingerprint density at radius 1 is 1.57 bits per heavy atom. The van der Waals surface area contributed by atoms with Gasteiger partial charge in [0.05, 0.1) is 6.04 Å². The summed E-state index contributed by atoms with van der Waals surface area (Å²) in [5, 5.41) is 5.74. The summed E-state index contributed by atoms with van der Waals surface area (Å²) in [5.41, 5.74) is 1.60. The summed E-state index contributed by atoms with van der Waals surface area (Å²) in [7, 11) is 0. The van der Waals surface area contributed by atoms with Gasteiger partial charge in [0.25, 0.3) is 0 Å². The predicted molar refractivity (Wildman–Crippen MR) is 59.9 cm³/mol. The third-order valence-electron chi connectivity index (χ3n) is 3.42. The normalized spacial score (nSPS) is 32.4. The highest BCUT2D eigenvalue weighted by Crippen LogP contribution is 2.39. The van der Waals surface area contributed by atoms with Crippen LogP contribution in [0.3, 0.4) is 0 Å². The van der Waals surface area contributed by atoms with Gasteiger partial charge in [0.15, 0.2) is 0 Å². The summed E-state index contributed by atoms with van der Waals surface area (Å²) in [4.78, 5) is 4.25. The largest absolute Gasteiger partial charge is 0.314 e. The van der Waals surface area contributed by atoms with E-state index in [9.17, 15) is 0 Å². The average Bonchev–Trinajstić information content (AvgIpc) is 2.67. The van der Waals surface area contributed by atoms with E-state index in [4.69, 9.17) is 0 Å². The SMILES string of the molecule is CC1CN2CCNCC2c2sccc21. The van der Waals surface area contributed by atoms with Crippen LogP contribution in [0.2, 0.25) is 0 Å². The fourth-order valence-electron chi connectivity index (χ4n) is 2.68. The second kappa shape index (κ2) is 3.33.